The second kappa shape index (κ2) is 4.57. The van der Waals surface area contributed by atoms with E-state index in [2.05, 4.69) is 4.98 Å². The van der Waals surface area contributed by atoms with Crippen molar-refractivity contribution in [2.24, 2.45) is 12.5 Å². The van der Waals surface area contributed by atoms with E-state index in [1.807, 2.05) is 29.8 Å². The van der Waals surface area contributed by atoms with E-state index in [1.165, 1.54) is 0 Å². The van der Waals surface area contributed by atoms with Gasteiger partial charge in [0.25, 0.3) is 0 Å². The summed E-state index contributed by atoms with van der Waals surface area (Å²) in [6, 6.07) is 5.69. The van der Waals surface area contributed by atoms with E-state index in [0.29, 0.717) is 12.2 Å². The molecule has 0 spiro atoms. The van der Waals surface area contributed by atoms with Crippen molar-refractivity contribution in [3.63, 3.8) is 0 Å². The second-order valence-corrected chi connectivity index (χ2v) is 5.28. The lowest BCUT2D eigenvalue weighted by molar-refractivity contribution is -0.146. The zero-order valence-corrected chi connectivity index (χ0v) is 11.6. The first-order valence-corrected chi connectivity index (χ1v) is 6.08. The SMILES string of the molecule is COc1cccc2c1nc(CC(C)(C)C(=O)O)n2C. The number of para-hydroxylation sites is 1. The molecule has 0 saturated carbocycles. The largest absolute Gasteiger partial charge is 0.494 e. The third-order valence-electron chi connectivity index (χ3n) is 3.37. The molecule has 0 saturated heterocycles. The normalized spacial score (nSPS) is 11.8. The highest BCUT2D eigenvalue weighted by Crippen LogP contribution is 2.28. The monoisotopic (exact) mass is 262 g/mol. The van der Waals surface area contributed by atoms with Gasteiger partial charge in [0.2, 0.25) is 0 Å². The van der Waals surface area contributed by atoms with Crippen molar-refractivity contribution >= 4 is 17.0 Å². The molecule has 0 unspecified atom stereocenters. The van der Waals surface area contributed by atoms with Gasteiger partial charge in [-0.3, -0.25) is 4.79 Å². The summed E-state index contributed by atoms with van der Waals surface area (Å²) < 4.78 is 7.20. The standard InChI is InChI=1S/C14H18N2O3/c1-14(2,13(17)18)8-11-15-12-9(16(11)3)6-5-7-10(12)19-4/h5-7H,8H2,1-4H3,(H,17,18). The van der Waals surface area contributed by atoms with Crippen molar-refractivity contribution in [3.8, 4) is 5.75 Å². The van der Waals surface area contributed by atoms with Crippen LogP contribution < -0.4 is 4.74 Å². The quantitative estimate of drug-likeness (QED) is 0.917. The highest BCUT2D eigenvalue weighted by atomic mass is 16.5. The number of carboxylic acid groups (broad SMARTS) is 1. The number of hydrogen-bond donors (Lipinski definition) is 1. The van der Waals surface area contributed by atoms with Crippen molar-refractivity contribution in [2.75, 3.05) is 7.11 Å². The summed E-state index contributed by atoms with van der Waals surface area (Å²) in [4.78, 5) is 15.7. The summed E-state index contributed by atoms with van der Waals surface area (Å²) in [5.74, 6) is 0.617. The molecule has 5 heteroatoms. The number of benzene rings is 1. The van der Waals surface area contributed by atoms with E-state index in [1.54, 1.807) is 21.0 Å². The average Bonchev–Trinajstić information content (AvgIpc) is 2.66. The van der Waals surface area contributed by atoms with E-state index < -0.39 is 11.4 Å². The number of hydrogen-bond acceptors (Lipinski definition) is 3. The number of aryl methyl sites for hydroxylation is 1. The lowest BCUT2D eigenvalue weighted by Crippen LogP contribution is -2.27. The van der Waals surface area contributed by atoms with Gasteiger partial charge in [0.15, 0.2) is 0 Å². The van der Waals surface area contributed by atoms with Crippen LogP contribution in [0.25, 0.3) is 11.0 Å². The number of carbonyl (C=O) groups is 1. The fourth-order valence-corrected chi connectivity index (χ4v) is 2.03. The summed E-state index contributed by atoms with van der Waals surface area (Å²) in [5, 5.41) is 9.21. The molecule has 0 aliphatic rings. The number of fused-ring (bicyclic) bond motifs is 1. The zero-order valence-electron chi connectivity index (χ0n) is 11.6. The molecule has 0 fully saturated rings. The van der Waals surface area contributed by atoms with Gasteiger partial charge in [-0.2, -0.15) is 0 Å². The Morgan fingerprint density at radius 2 is 2.16 bits per heavy atom. The van der Waals surface area contributed by atoms with Crippen LogP contribution in [0.2, 0.25) is 0 Å². The third kappa shape index (κ3) is 2.28. The molecule has 1 N–H and O–H groups in total. The maximum Gasteiger partial charge on any atom is 0.309 e. The molecular formula is C14H18N2O3. The highest BCUT2D eigenvalue weighted by Gasteiger charge is 2.29. The fraction of sp³-hybridized carbons (Fsp3) is 0.429. The molecular weight excluding hydrogens is 244 g/mol. The van der Waals surface area contributed by atoms with Gasteiger partial charge in [-0.15, -0.1) is 0 Å². The number of nitrogens with zero attached hydrogens (tertiary/aromatic N) is 2. The Bertz CT molecular complexity index is 629. The summed E-state index contributed by atoms with van der Waals surface area (Å²) in [6.45, 7) is 3.40. The van der Waals surface area contributed by atoms with Crippen molar-refractivity contribution in [1.29, 1.82) is 0 Å². The van der Waals surface area contributed by atoms with Crippen LogP contribution in [0, 0.1) is 5.41 Å². The van der Waals surface area contributed by atoms with Crippen LogP contribution in [0.15, 0.2) is 18.2 Å². The maximum absolute atomic E-state index is 11.2. The van der Waals surface area contributed by atoms with E-state index in [4.69, 9.17) is 4.74 Å². The van der Waals surface area contributed by atoms with Gasteiger partial charge in [-0.1, -0.05) is 6.07 Å². The predicted octanol–water partition coefficient (Wildman–Crippen LogP) is 2.24. The molecule has 0 bridgehead atoms. The van der Waals surface area contributed by atoms with Crippen molar-refractivity contribution in [2.45, 2.75) is 20.3 Å². The van der Waals surface area contributed by atoms with Crippen molar-refractivity contribution in [3.05, 3.63) is 24.0 Å². The molecule has 0 aliphatic carbocycles. The molecule has 2 rings (SSSR count). The van der Waals surface area contributed by atoms with Gasteiger partial charge in [0, 0.05) is 13.5 Å². The van der Waals surface area contributed by atoms with Crippen molar-refractivity contribution < 1.29 is 14.6 Å². The first-order valence-electron chi connectivity index (χ1n) is 6.08. The Labute approximate surface area is 111 Å². The molecule has 0 radical (unpaired) electrons. The van der Waals surface area contributed by atoms with Crippen LogP contribution in [-0.2, 0) is 18.3 Å². The Balaban J connectivity index is 2.51. The number of ether oxygens (including phenoxy) is 1. The molecule has 1 aromatic carbocycles. The molecule has 5 nitrogen and oxygen atoms in total. The number of aliphatic carboxylic acids is 1. The average molecular weight is 262 g/mol. The molecule has 1 heterocycles. The maximum atomic E-state index is 11.2. The topological polar surface area (TPSA) is 64.3 Å². The second-order valence-electron chi connectivity index (χ2n) is 5.28. The van der Waals surface area contributed by atoms with Gasteiger partial charge >= 0.3 is 5.97 Å². The van der Waals surface area contributed by atoms with E-state index in [0.717, 1.165) is 16.9 Å². The number of aromatic nitrogens is 2. The Morgan fingerprint density at radius 1 is 1.47 bits per heavy atom. The minimum absolute atomic E-state index is 0.372. The lowest BCUT2D eigenvalue weighted by Gasteiger charge is -2.18. The van der Waals surface area contributed by atoms with E-state index in [-0.39, 0.29) is 0 Å². The van der Waals surface area contributed by atoms with Crippen LogP contribution >= 0.6 is 0 Å². The molecule has 0 aliphatic heterocycles. The van der Waals surface area contributed by atoms with Gasteiger partial charge in [0.05, 0.1) is 18.0 Å². The van der Waals surface area contributed by atoms with Gasteiger partial charge < -0.3 is 14.4 Å². The first kappa shape index (κ1) is 13.4. The smallest absolute Gasteiger partial charge is 0.309 e. The molecule has 2 aromatic rings. The lowest BCUT2D eigenvalue weighted by atomic mass is 9.89. The summed E-state index contributed by atoms with van der Waals surface area (Å²) in [7, 11) is 3.49. The van der Waals surface area contributed by atoms with E-state index >= 15 is 0 Å². The van der Waals surface area contributed by atoms with Crippen LogP contribution in [-0.4, -0.2) is 27.7 Å². The minimum Gasteiger partial charge on any atom is -0.494 e. The van der Waals surface area contributed by atoms with Crippen LogP contribution in [0.5, 0.6) is 5.75 Å². The molecule has 1 aromatic heterocycles. The number of methoxy groups -OCH3 is 1. The highest BCUT2D eigenvalue weighted by molar-refractivity contribution is 5.82. The number of carboxylic acids is 1. The van der Waals surface area contributed by atoms with Gasteiger partial charge in [-0.25, -0.2) is 4.98 Å². The fourth-order valence-electron chi connectivity index (χ4n) is 2.03. The first-order chi connectivity index (χ1) is 8.86. The molecule has 102 valence electrons. The molecule has 19 heavy (non-hydrogen) atoms. The summed E-state index contributed by atoms with van der Waals surface area (Å²) in [6.07, 6.45) is 0.372. The van der Waals surface area contributed by atoms with Gasteiger partial charge in [0.1, 0.15) is 17.1 Å². The van der Waals surface area contributed by atoms with Crippen LogP contribution in [0.1, 0.15) is 19.7 Å². The Kier molecular flexibility index (Phi) is 3.22. The van der Waals surface area contributed by atoms with Crippen molar-refractivity contribution in [1.82, 2.24) is 9.55 Å². The number of imidazole rings is 1. The Morgan fingerprint density at radius 3 is 2.74 bits per heavy atom. The minimum atomic E-state index is -0.845. The Hall–Kier alpha value is -2.04. The summed E-state index contributed by atoms with van der Waals surface area (Å²) >= 11 is 0. The molecule has 0 amide bonds. The van der Waals surface area contributed by atoms with E-state index in [9.17, 15) is 9.90 Å². The van der Waals surface area contributed by atoms with Crippen LogP contribution in [0.4, 0.5) is 0 Å². The zero-order chi connectivity index (χ0) is 14.2. The third-order valence-corrected chi connectivity index (χ3v) is 3.37. The van der Waals surface area contributed by atoms with Gasteiger partial charge in [-0.05, 0) is 26.0 Å². The van der Waals surface area contributed by atoms with Crippen LogP contribution in [0.3, 0.4) is 0 Å². The molecule has 0 atom stereocenters. The predicted molar refractivity (Wildman–Crippen MR) is 72.4 cm³/mol. The number of rotatable bonds is 4. The summed E-state index contributed by atoms with van der Waals surface area (Å²) in [5.41, 5.74) is 0.863.